The van der Waals surface area contributed by atoms with Gasteiger partial charge in [-0.25, -0.2) is 4.79 Å². The van der Waals surface area contributed by atoms with Crippen LogP contribution in [0.2, 0.25) is 0 Å². The highest BCUT2D eigenvalue weighted by Crippen LogP contribution is 2.05. The lowest BCUT2D eigenvalue weighted by molar-refractivity contribution is 0.0562. The van der Waals surface area contributed by atoms with Gasteiger partial charge in [0.1, 0.15) is 5.60 Å². The molecule has 0 bridgehead atoms. The number of rotatable bonds is 1. The predicted molar refractivity (Wildman–Crippen MR) is 51.5 cm³/mol. The molecule has 0 spiro atoms. The summed E-state index contributed by atoms with van der Waals surface area (Å²) in [7, 11) is 0. The Hall–Kier alpha value is -1.26. The van der Waals surface area contributed by atoms with E-state index in [1.807, 2.05) is 6.92 Å². The lowest BCUT2D eigenvalue weighted by Gasteiger charge is -2.19. The van der Waals surface area contributed by atoms with E-state index in [1.54, 1.807) is 20.8 Å². The number of ether oxygens (including phenoxy) is 1. The summed E-state index contributed by atoms with van der Waals surface area (Å²) in [4.78, 5) is 14.8. The number of nitrogens with one attached hydrogen (secondary N) is 1. The average molecular weight is 187 g/mol. The molecule has 0 fully saturated rings. The number of carbonyl (C=O) groups is 1. The van der Waals surface area contributed by atoms with Crippen LogP contribution in [0.1, 0.15) is 27.7 Å². The number of nitrogens with zero attached hydrogens (tertiary/aromatic N) is 1. The first-order valence-electron chi connectivity index (χ1n) is 4.15. The molecule has 0 aliphatic heterocycles. The number of hydrogen-bond donors (Lipinski definition) is 2. The first-order chi connectivity index (χ1) is 5.85. The van der Waals surface area contributed by atoms with E-state index in [0.29, 0.717) is 6.54 Å². The van der Waals surface area contributed by atoms with Gasteiger partial charge in [0.25, 0.3) is 0 Å². The Morgan fingerprint density at radius 2 is 2.08 bits per heavy atom. The molecule has 0 rings (SSSR count). The van der Waals surface area contributed by atoms with Gasteiger partial charge in [0, 0.05) is 6.54 Å². The number of carbonyl (C=O) groups excluding carboxylic acids is 1. The van der Waals surface area contributed by atoms with Gasteiger partial charge in [-0.15, -0.1) is 0 Å². The van der Waals surface area contributed by atoms with Crippen LogP contribution in [0.25, 0.3) is 0 Å². The van der Waals surface area contributed by atoms with Crippen molar-refractivity contribution in [1.82, 2.24) is 5.32 Å². The van der Waals surface area contributed by atoms with Crippen LogP contribution < -0.4 is 11.1 Å². The molecule has 0 aliphatic rings. The van der Waals surface area contributed by atoms with E-state index in [1.165, 1.54) is 0 Å². The van der Waals surface area contributed by atoms with Crippen LogP contribution in [0, 0.1) is 0 Å². The van der Waals surface area contributed by atoms with Gasteiger partial charge < -0.3 is 10.5 Å². The van der Waals surface area contributed by atoms with E-state index in [0.717, 1.165) is 0 Å². The Bertz CT molecular complexity index is 206. The predicted octanol–water partition coefficient (Wildman–Crippen LogP) is 0.846. The zero-order chi connectivity index (χ0) is 10.5. The largest absolute Gasteiger partial charge is 0.444 e. The fraction of sp³-hybridized carbons (Fsp3) is 0.750. The fourth-order valence-corrected chi connectivity index (χ4v) is 0.618. The summed E-state index contributed by atoms with van der Waals surface area (Å²) >= 11 is 0. The molecule has 0 aromatic rings. The molecule has 1 amide bonds. The quantitative estimate of drug-likeness (QED) is 0.472. The average Bonchev–Trinajstić information content (AvgIpc) is 1.81. The first-order valence-corrected chi connectivity index (χ1v) is 4.15. The van der Waals surface area contributed by atoms with Crippen LogP contribution in [0.3, 0.4) is 0 Å². The topological polar surface area (TPSA) is 76.7 Å². The highest BCUT2D eigenvalue weighted by atomic mass is 16.6. The molecule has 0 heterocycles. The third-order valence-electron chi connectivity index (χ3n) is 0.957. The molecule has 13 heavy (non-hydrogen) atoms. The van der Waals surface area contributed by atoms with Crippen LogP contribution in [0.5, 0.6) is 0 Å². The number of amides is 1. The maximum Gasteiger partial charge on any atom is 0.414 e. The lowest BCUT2D eigenvalue weighted by atomic mass is 10.2. The van der Waals surface area contributed by atoms with E-state index in [9.17, 15) is 4.79 Å². The molecular weight excluding hydrogens is 170 g/mol. The molecule has 0 saturated carbocycles. The molecule has 0 atom stereocenters. The Morgan fingerprint density at radius 3 is 2.46 bits per heavy atom. The van der Waals surface area contributed by atoms with Gasteiger partial charge in [-0.1, -0.05) is 0 Å². The third kappa shape index (κ3) is 7.11. The van der Waals surface area contributed by atoms with Crippen LogP contribution in [-0.2, 0) is 4.74 Å². The van der Waals surface area contributed by atoms with Gasteiger partial charge in [-0.3, -0.25) is 10.3 Å². The third-order valence-corrected chi connectivity index (χ3v) is 0.957. The fourth-order valence-electron chi connectivity index (χ4n) is 0.618. The van der Waals surface area contributed by atoms with Crippen LogP contribution in [0.15, 0.2) is 4.99 Å². The summed E-state index contributed by atoms with van der Waals surface area (Å²) in [5.41, 5.74) is 4.82. The zero-order valence-corrected chi connectivity index (χ0v) is 8.55. The van der Waals surface area contributed by atoms with Crippen molar-refractivity contribution in [3.8, 4) is 0 Å². The second kappa shape index (κ2) is 4.69. The summed E-state index contributed by atoms with van der Waals surface area (Å²) in [5.74, 6) is 0.0803. The minimum Gasteiger partial charge on any atom is -0.444 e. The Kier molecular flexibility index (Phi) is 4.23. The normalized spacial score (nSPS) is 12.5. The minimum absolute atomic E-state index is 0.0803. The van der Waals surface area contributed by atoms with E-state index < -0.39 is 11.7 Å². The van der Waals surface area contributed by atoms with Crippen molar-refractivity contribution in [1.29, 1.82) is 0 Å². The highest BCUT2D eigenvalue weighted by molar-refractivity contribution is 5.92. The van der Waals surface area contributed by atoms with Crippen molar-refractivity contribution in [2.45, 2.75) is 33.3 Å². The SMILES string of the molecule is CCN=C(N)NC(=O)OC(C)(C)C. The lowest BCUT2D eigenvalue weighted by Crippen LogP contribution is -2.40. The summed E-state index contributed by atoms with van der Waals surface area (Å²) in [5, 5.41) is 2.30. The number of hydrogen-bond acceptors (Lipinski definition) is 3. The smallest absolute Gasteiger partial charge is 0.414 e. The van der Waals surface area contributed by atoms with Crippen LogP contribution >= 0.6 is 0 Å². The van der Waals surface area contributed by atoms with Gasteiger partial charge in [-0.2, -0.15) is 0 Å². The van der Waals surface area contributed by atoms with Crippen molar-refractivity contribution in [2.24, 2.45) is 10.7 Å². The van der Waals surface area contributed by atoms with Crippen molar-refractivity contribution >= 4 is 12.1 Å². The Labute approximate surface area is 78.4 Å². The van der Waals surface area contributed by atoms with E-state index in [-0.39, 0.29) is 5.96 Å². The standard InChI is InChI=1S/C8H17N3O2/c1-5-10-6(9)11-7(12)13-8(2,3)4/h5H2,1-4H3,(H3,9,10,11,12). The second-order valence-corrected chi connectivity index (χ2v) is 3.49. The van der Waals surface area contributed by atoms with E-state index in [2.05, 4.69) is 10.3 Å². The van der Waals surface area contributed by atoms with Crippen molar-refractivity contribution < 1.29 is 9.53 Å². The van der Waals surface area contributed by atoms with Crippen molar-refractivity contribution in [3.63, 3.8) is 0 Å². The van der Waals surface area contributed by atoms with E-state index >= 15 is 0 Å². The van der Waals surface area contributed by atoms with Gasteiger partial charge in [0.15, 0.2) is 5.96 Å². The zero-order valence-electron chi connectivity index (χ0n) is 8.55. The minimum atomic E-state index is -0.581. The molecular formula is C8H17N3O2. The molecule has 0 aromatic carbocycles. The van der Waals surface area contributed by atoms with Crippen LogP contribution in [-0.4, -0.2) is 24.2 Å². The molecule has 0 radical (unpaired) electrons. The molecule has 0 unspecified atom stereocenters. The summed E-state index contributed by atoms with van der Waals surface area (Å²) in [6.45, 7) is 7.68. The van der Waals surface area contributed by atoms with Crippen molar-refractivity contribution in [2.75, 3.05) is 6.54 Å². The number of nitrogens with two attached hydrogens (primary N) is 1. The number of aliphatic imine (C=N–C) groups is 1. The molecule has 3 N–H and O–H groups in total. The molecule has 76 valence electrons. The monoisotopic (exact) mass is 187 g/mol. The van der Waals surface area contributed by atoms with Crippen molar-refractivity contribution in [3.05, 3.63) is 0 Å². The Balaban J connectivity index is 3.96. The number of alkyl carbamates (subject to hydrolysis) is 1. The van der Waals surface area contributed by atoms with Gasteiger partial charge >= 0.3 is 6.09 Å². The maximum absolute atomic E-state index is 11.0. The highest BCUT2D eigenvalue weighted by Gasteiger charge is 2.16. The molecule has 0 aliphatic carbocycles. The summed E-state index contributed by atoms with van der Waals surface area (Å²) in [6.07, 6.45) is -0.581. The molecule has 5 nitrogen and oxygen atoms in total. The molecule has 5 heteroatoms. The van der Waals surface area contributed by atoms with Gasteiger partial charge in [0.05, 0.1) is 0 Å². The first kappa shape index (κ1) is 11.7. The Morgan fingerprint density at radius 1 is 1.54 bits per heavy atom. The maximum atomic E-state index is 11.0. The van der Waals surface area contributed by atoms with E-state index in [4.69, 9.17) is 10.5 Å². The summed E-state index contributed by atoms with van der Waals surface area (Å²) in [6, 6.07) is 0. The van der Waals surface area contributed by atoms with Gasteiger partial charge in [-0.05, 0) is 27.7 Å². The number of guanidine groups is 1. The van der Waals surface area contributed by atoms with Gasteiger partial charge in [0.2, 0.25) is 0 Å². The molecule has 0 saturated heterocycles. The second-order valence-electron chi connectivity index (χ2n) is 3.49. The van der Waals surface area contributed by atoms with Crippen LogP contribution in [0.4, 0.5) is 4.79 Å². The summed E-state index contributed by atoms with van der Waals surface area (Å²) < 4.78 is 4.94. The molecule has 0 aromatic heterocycles.